The van der Waals surface area contributed by atoms with E-state index in [1.807, 2.05) is 38.1 Å². The van der Waals surface area contributed by atoms with Crippen LogP contribution in [0.3, 0.4) is 0 Å². The summed E-state index contributed by atoms with van der Waals surface area (Å²) in [5, 5.41) is 19.3. The first-order valence-corrected chi connectivity index (χ1v) is 10.1. The summed E-state index contributed by atoms with van der Waals surface area (Å²) in [6, 6.07) is 11.0. The standard InChI is InChI=1S/C19H25ClN4O2S/c1-3-21-18(26)14-7-5-6-13(10-14)11-23-19(22-4-2)24-12-15(25)16-8-9-17(20)27-16/h5-10,15,25H,3-4,11-12H2,1-2H3,(H,21,26)(H2,22,23,24). The van der Waals surface area contributed by atoms with E-state index in [1.165, 1.54) is 11.3 Å². The van der Waals surface area contributed by atoms with Crippen LogP contribution in [0.4, 0.5) is 0 Å². The van der Waals surface area contributed by atoms with Crippen molar-refractivity contribution >= 4 is 34.8 Å². The van der Waals surface area contributed by atoms with Gasteiger partial charge in [-0.1, -0.05) is 23.7 Å². The highest BCUT2D eigenvalue weighted by atomic mass is 35.5. The summed E-state index contributed by atoms with van der Waals surface area (Å²) in [6.07, 6.45) is -0.660. The largest absolute Gasteiger partial charge is 0.386 e. The Hall–Kier alpha value is -2.09. The summed E-state index contributed by atoms with van der Waals surface area (Å²) in [7, 11) is 0. The van der Waals surface area contributed by atoms with E-state index >= 15 is 0 Å². The van der Waals surface area contributed by atoms with Gasteiger partial charge in [-0.3, -0.25) is 4.79 Å². The number of halogens is 1. The van der Waals surface area contributed by atoms with Gasteiger partial charge in [-0.05, 0) is 43.7 Å². The summed E-state index contributed by atoms with van der Waals surface area (Å²) in [4.78, 5) is 17.3. The maximum atomic E-state index is 11.9. The SMILES string of the molecule is CCNC(=O)c1cccc(CN=C(NCC)NCC(O)c2ccc(Cl)s2)c1. The maximum Gasteiger partial charge on any atom is 0.251 e. The Morgan fingerprint density at radius 3 is 2.63 bits per heavy atom. The molecule has 0 saturated heterocycles. The number of guanidine groups is 1. The van der Waals surface area contributed by atoms with Crippen LogP contribution in [0.1, 0.15) is 40.8 Å². The zero-order valence-electron chi connectivity index (χ0n) is 15.5. The van der Waals surface area contributed by atoms with Gasteiger partial charge >= 0.3 is 0 Å². The minimum Gasteiger partial charge on any atom is -0.386 e. The van der Waals surface area contributed by atoms with Crippen LogP contribution in [0, 0.1) is 0 Å². The highest BCUT2D eigenvalue weighted by Gasteiger charge is 2.11. The normalized spacial score (nSPS) is 12.5. The van der Waals surface area contributed by atoms with E-state index in [-0.39, 0.29) is 5.91 Å². The molecule has 2 rings (SSSR count). The van der Waals surface area contributed by atoms with Crippen LogP contribution >= 0.6 is 22.9 Å². The second-order valence-electron chi connectivity index (χ2n) is 5.79. The molecule has 0 bridgehead atoms. The topological polar surface area (TPSA) is 85.8 Å². The monoisotopic (exact) mass is 408 g/mol. The molecule has 0 fully saturated rings. The first-order valence-electron chi connectivity index (χ1n) is 8.86. The van der Waals surface area contributed by atoms with Gasteiger partial charge in [0.2, 0.25) is 0 Å². The lowest BCUT2D eigenvalue weighted by molar-refractivity contribution is 0.0955. The fourth-order valence-electron chi connectivity index (χ4n) is 2.39. The molecule has 0 saturated carbocycles. The lowest BCUT2D eigenvalue weighted by atomic mass is 10.1. The Bertz CT molecular complexity index is 779. The number of hydrogen-bond acceptors (Lipinski definition) is 4. The van der Waals surface area contributed by atoms with Crippen molar-refractivity contribution in [1.82, 2.24) is 16.0 Å². The number of rotatable bonds is 8. The molecule has 1 atom stereocenters. The van der Waals surface area contributed by atoms with Crippen LogP contribution in [0.15, 0.2) is 41.4 Å². The third-order valence-corrected chi connectivity index (χ3v) is 5.01. The number of carbonyl (C=O) groups is 1. The molecule has 1 unspecified atom stereocenters. The second-order valence-corrected chi connectivity index (χ2v) is 7.54. The van der Waals surface area contributed by atoms with E-state index in [1.54, 1.807) is 12.1 Å². The Morgan fingerprint density at radius 2 is 1.96 bits per heavy atom. The van der Waals surface area contributed by atoms with Gasteiger partial charge in [0.05, 0.1) is 10.9 Å². The van der Waals surface area contributed by atoms with E-state index < -0.39 is 6.10 Å². The molecule has 8 heteroatoms. The van der Waals surface area contributed by atoms with Gasteiger partial charge in [0.25, 0.3) is 5.91 Å². The van der Waals surface area contributed by atoms with E-state index in [2.05, 4.69) is 20.9 Å². The zero-order valence-corrected chi connectivity index (χ0v) is 17.0. The van der Waals surface area contributed by atoms with Crippen molar-refractivity contribution in [2.24, 2.45) is 4.99 Å². The Kier molecular flexibility index (Phi) is 8.57. The summed E-state index contributed by atoms with van der Waals surface area (Å²) < 4.78 is 0.650. The van der Waals surface area contributed by atoms with Crippen molar-refractivity contribution in [2.75, 3.05) is 19.6 Å². The van der Waals surface area contributed by atoms with Gasteiger partial charge in [-0.15, -0.1) is 11.3 Å². The number of nitrogens with zero attached hydrogens (tertiary/aromatic N) is 1. The van der Waals surface area contributed by atoms with Crippen LogP contribution in [0.2, 0.25) is 4.34 Å². The first-order chi connectivity index (χ1) is 13.0. The van der Waals surface area contributed by atoms with Crippen LogP contribution < -0.4 is 16.0 Å². The van der Waals surface area contributed by atoms with Crippen LogP contribution in [-0.4, -0.2) is 36.6 Å². The van der Waals surface area contributed by atoms with Crippen molar-refractivity contribution in [2.45, 2.75) is 26.5 Å². The van der Waals surface area contributed by atoms with Crippen molar-refractivity contribution < 1.29 is 9.90 Å². The molecule has 1 amide bonds. The summed E-state index contributed by atoms with van der Waals surface area (Å²) in [5.41, 5.74) is 1.55. The number of carbonyl (C=O) groups excluding carboxylic acids is 1. The van der Waals surface area contributed by atoms with E-state index in [0.717, 1.165) is 10.4 Å². The summed E-state index contributed by atoms with van der Waals surface area (Å²) >= 11 is 7.27. The van der Waals surface area contributed by atoms with E-state index in [9.17, 15) is 9.90 Å². The van der Waals surface area contributed by atoms with Crippen molar-refractivity contribution in [3.63, 3.8) is 0 Å². The summed E-state index contributed by atoms with van der Waals surface area (Å²) in [6.45, 7) is 5.89. The van der Waals surface area contributed by atoms with Gasteiger partial charge in [0.15, 0.2) is 5.96 Å². The molecule has 6 nitrogen and oxygen atoms in total. The number of thiophene rings is 1. The van der Waals surface area contributed by atoms with E-state index in [0.29, 0.717) is 42.0 Å². The van der Waals surface area contributed by atoms with E-state index in [4.69, 9.17) is 11.6 Å². The highest BCUT2D eigenvalue weighted by Crippen LogP contribution is 2.26. The van der Waals surface area contributed by atoms with Gasteiger partial charge in [0, 0.05) is 30.1 Å². The number of aliphatic hydroxyl groups excluding tert-OH is 1. The minimum absolute atomic E-state index is 0.0916. The lowest BCUT2D eigenvalue weighted by Crippen LogP contribution is -2.39. The van der Waals surface area contributed by atoms with Crippen molar-refractivity contribution in [3.05, 3.63) is 56.7 Å². The van der Waals surface area contributed by atoms with Gasteiger partial charge in [0.1, 0.15) is 6.10 Å². The first kappa shape index (κ1) is 21.2. The average Bonchev–Trinajstić information content (AvgIpc) is 3.10. The molecule has 4 N–H and O–H groups in total. The molecule has 0 aliphatic heterocycles. The molecule has 146 valence electrons. The maximum absolute atomic E-state index is 11.9. The van der Waals surface area contributed by atoms with Crippen molar-refractivity contribution in [3.8, 4) is 0 Å². The quantitative estimate of drug-likeness (QED) is 0.399. The predicted octanol–water partition coefficient (Wildman–Crippen LogP) is 2.94. The third-order valence-electron chi connectivity index (χ3n) is 3.68. The number of benzene rings is 1. The molecule has 27 heavy (non-hydrogen) atoms. The van der Waals surface area contributed by atoms with Gasteiger partial charge in [-0.2, -0.15) is 0 Å². The van der Waals surface area contributed by atoms with Gasteiger partial charge in [-0.25, -0.2) is 4.99 Å². The van der Waals surface area contributed by atoms with Crippen LogP contribution in [0.25, 0.3) is 0 Å². The molecule has 2 aromatic rings. The molecular weight excluding hydrogens is 384 g/mol. The molecule has 0 spiro atoms. The van der Waals surface area contributed by atoms with Crippen LogP contribution in [0.5, 0.6) is 0 Å². The minimum atomic E-state index is -0.660. The molecule has 0 aliphatic carbocycles. The Labute approximate surface area is 168 Å². The molecule has 1 aromatic carbocycles. The smallest absolute Gasteiger partial charge is 0.251 e. The molecule has 0 radical (unpaired) electrons. The third kappa shape index (κ3) is 6.86. The second kappa shape index (κ2) is 10.9. The molecular formula is C19H25ClN4O2S. The zero-order chi connectivity index (χ0) is 19.6. The van der Waals surface area contributed by atoms with Crippen LogP contribution in [-0.2, 0) is 6.54 Å². The Morgan fingerprint density at radius 1 is 1.19 bits per heavy atom. The number of aliphatic hydroxyl groups is 1. The molecule has 1 heterocycles. The summed E-state index contributed by atoms with van der Waals surface area (Å²) in [5.74, 6) is 0.508. The highest BCUT2D eigenvalue weighted by molar-refractivity contribution is 7.16. The van der Waals surface area contributed by atoms with Crippen molar-refractivity contribution in [1.29, 1.82) is 0 Å². The average molecular weight is 409 g/mol. The predicted molar refractivity (Wildman–Crippen MR) is 112 cm³/mol. The fourth-order valence-corrected chi connectivity index (χ4v) is 3.43. The molecule has 0 aliphatic rings. The number of hydrogen-bond donors (Lipinski definition) is 4. The number of aliphatic imine (C=N–C) groups is 1. The number of nitrogens with one attached hydrogen (secondary N) is 3. The lowest BCUT2D eigenvalue weighted by Gasteiger charge is -2.14. The Balaban J connectivity index is 1.98. The molecule has 1 aromatic heterocycles. The van der Waals surface area contributed by atoms with Gasteiger partial charge < -0.3 is 21.1 Å². The number of amides is 1. The fraction of sp³-hybridized carbons (Fsp3) is 0.368.